The average molecular weight is 511 g/mol. The van der Waals surface area contributed by atoms with Crippen LogP contribution in [0.3, 0.4) is 0 Å². The molecular weight excluding hydrogens is 478 g/mol. The van der Waals surface area contributed by atoms with E-state index in [1.54, 1.807) is 13.8 Å². The minimum absolute atomic E-state index is 0.0405. The Kier molecular flexibility index (Phi) is 5.70. The number of fused-ring (bicyclic) bond motifs is 5. The number of carbonyl (C=O) groups is 3. The molecule has 10 atom stereocenters. The van der Waals surface area contributed by atoms with E-state index in [-0.39, 0.29) is 18.4 Å². The van der Waals surface area contributed by atoms with E-state index in [9.17, 15) is 19.5 Å². The van der Waals surface area contributed by atoms with Gasteiger partial charge >= 0.3 is 5.97 Å². The Bertz CT molecular complexity index is 1040. The number of carbonyl (C=O) groups excluding carboxylic acids is 3. The first-order valence-corrected chi connectivity index (χ1v) is 12.8. The molecule has 5 aliphatic rings. The Morgan fingerprint density at radius 2 is 1.97 bits per heavy atom. The molecule has 4 fully saturated rings. The lowest BCUT2D eigenvalue weighted by molar-refractivity contribution is -0.231. The number of aliphatic hydroxyl groups is 1. The number of hydrogen-bond acceptors (Lipinski definition) is 6. The summed E-state index contributed by atoms with van der Waals surface area (Å²) in [6.07, 6.45) is 0.849. The van der Waals surface area contributed by atoms with Crippen LogP contribution in [0, 0.1) is 28.6 Å². The van der Waals surface area contributed by atoms with Crippen LogP contribution in [0.15, 0.2) is 23.8 Å². The van der Waals surface area contributed by atoms with Crippen LogP contribution in [0.5, 0.6) is 0 Å². The smallest absolute Gasteiger partial charge is 0.336 e. The predicted octanol–water partition coefficient (Wildman–Crippen LogP) is 3.47. The lowest BCUT2D eigenvalue weighted by atomic mass is 9.44. The molecular formula is C26H32F2O6S. The summed E-state index contributed by atoms with van der Waals surface area (Å²) in [6.45, 7) is 5.43. The Balaban J connectivity index is 1.60. The summed E-state index contributed by atoms with van der Waals surface area (Å²) in [7, 11) is 0. The lowest BCUT2D eigenvalue weighted by Crippen LogP contribution is -2.70. The van der Waals surface area contributed by atoms with E-state index in [0.717, 1.165) is 6.08 Å². The van der Waals surface area contributed by atoms with E-state index in [1.807, 2.05) is 0 Å². The lowest BCUT2D eigenvalue weighted by Gasteiger charge is -2.63. The van der Waals surface area contributed by atoms with Crippen molar-refractivity contribution >= 4 is 29.5 Å². The summed E-state index contributed by atoms with van der Waals surface area (Å²) < 4.78 is 44.3. The molecule has 5 rings (SSSR count). The average Bonchev–Trinajstić information content (AvgIpc) is 3.39. The number of hydrogen-bond donors (Lipinski definition) is 2. The molecule has 4 aliphatic carbocycles. The van der Waals surface area contributed by atoms with Gasteiger partial charge in [-0.1, -0.05) is 19.9 Å². The first-order valence-electron chi connectivity index (χ1n) is 12.4. The monoisotopic (exact) mass is 510 g/mol. The minimum atomic E-state index is -2.27. The van der Waals surface area contributed by atoms with Crippen LogP contribution in [-0.2, 0) is 23.9 Å². The summed E-state index contributed by atoms with van der Waals surface area (Å²) in [5, 5.41) is 10.8. The van der Waals surface area contributed by atoms with Gasteiger partial charge in [-0.3, -0.25) is 9.59 Å². The van der Waals surface area contributed by atoms with E-state index in [2.05, 4.69) is 12.6 Å². The maximum atomic E-state index is 17.3. The molecule has 1 N–H and O–H groups in total. The number of thiol groups is 1. The SMILES string of the molecule is CC1C[C@H]2[C@@H]3CC(F)C4=CC(=O)C=C[C@]4(C)C3(F)C(O)C[C@]2(C)C1(OC(=O)[C@H]1CCCO1)C(=O)S. The van der Waals surface area contributed by atoms with Crippen molar-refractivity contribution in [3.8, 4) is 0 Å². The number of alkyl halides is 2. The first kappa shape index (κ1) is 25.1. The summed E-state index contributed by atoms with van der Waals surface area (Å²) in [5.74, 6) is -3.14. The highest BCUT2D eigenvalue weighted by Crippen LogP contribution is 2.71. The van der Waals surface area contributed by atoms with Crippen molar-refractivity contribution < 1.29 is 37.7 Å². The number of esters is 1. The van der Waals surface area contributed by atoms with Crippen LogP contribution in [0.1, 0.15) is 52.9 Å². The normalized spacial score (nSPS) is 50.7. The molecule has 0 radical (unpaired) electrons. The quantitative estimate of drug-likeness (QED) is 0.447. The Hall–Kier alpha value is -1.58. The van der Waals surface area contributed by atoms with Gasteiger partial charge in [-0.05, 0) is 62.7 Å². The molecule has 1 saturated heterocycles. The molecule has 5 unspecified atom stereocenters. The van der Waals surface area contributed by atoms with Crippen molar-refractivity contribution in [2.45, 2.75) is 82.5 Å². The van der Waals surface area contributed by atoms with Gasteiger partial charge in [0.25, 0.3) is 0 Å². The highest BCUT2D eigenvalue weighted by Gasteiger charge is 2.78. The van der Waals surface area contributed by atoms with Gasteiger partial charge in [0.2, 0.25) is 5.12 Å². The van der Waals surface area contributed by atoms with Crippen LogP contribution in [0.2, 0.25) is 0 Å². The van der Waals surface area contributed by atoms with Crippen molar-refractivity contribution in [2.24, 2.45) is 28.6 Å². The molecule has 6 nitrogen and oxygen atoms in total. The van der Waals surface area contributed by atoms with E-state index in [4.69, 9.17) is 9.47 Å². The maximum absolute atomic E-state index is 17.3. The van der Waals surface area contributed by atoms with Gasteiger partial charge in [-0.2, -0.15) is 0 Å². The number of halogens is 2. The van der Waals surface area contributed by atoms with Crippen LogP contribution in [-0.4, -0.2) is 58.2 Å². The largest absolute Gasteiger partial charge is 0.447 e. The number of ketones is 1. The Morgan fingerprint density at radius 3 is 2.60 bits per heavy atom. The maximum Gasteiger partial charge on any atom is 0.336 e. The van der Waals surface area contributed by atoms with Crippen molar-refractivity contribution in [1.29, 1.82) is 0 Å². The van der Waals surface area contributed by atoms with Gasteiger partial charge in [0.05, 0.1) is 6.10 Å². The van der Waals surface area contributed by atoms with Gasteiger partial charge in [-0.15, -0.1) is 12.6 Å². The molecule has 9 heteroatoms. The molecule has 192 valence electrons. The molecule has 0 aromatic rings. The van der Waals surface area contributed by atoms with Gasteiger partial charge in [0.1, 0.15) is 6.17 Å². The third-order valence-electron chi connectivity index (χ3n) is 9.94. The van der Waals surface area contributed by atoms with Crippen LogP contribution < -0.4 is 0 Å². The molecule has 1 heterocycles. The molecule has 0 aromatic heterocycles. The molecule has 0 spiro atoms. The minimum Gasteiger partial charge on any atom is -0.447 e. The van der Waals surface area contributed by atoms with E-state index in [0.29, 0.717) is 25.9 Å². The highest BCUT2D eigenvalue weighted by molar-refractivity contribution is 7.96. The van der Waals surface area contributed by atoms with Gasteiger partial charge in [0, 0.05) is 29.3 Å². The highest BCUT2D eigenvalue weighted by atomic mass is 32.1. The van der Waals surface area contributed by atoms with Crippen LogP contribution in [0.25, 0.3) is 0 Å². The molecule has 35 heavy (non-hydrogen) atoms. The second-order valence-corrected chi connectivity index (χ2v) is 11.9. The molecule has 3 saturated carbocycles. The standard InChI is InChI=1S/C26H32F2O6S/c1-13-9-15-16-11-18(27)17-10-14(29)6-7-23(17,2)25(16,28)20(30)12-24(15,3)26(13,22(32)35)34-21(31)19-5-4-8-33-19/h6-7,10,13,15-16,18-20,30H,4-5,8-9,11-12H2,1-3H3,(H,32,35)/t13?,15-,16-,18?,19+,20?,23-,24-,25?,26?/m0/s1. The summed E-state index contributed by atoms with van der Waals surface area (Å²) in [5.41, 5.74) is -6.63. The fraction of sp³-hybridized carbons (Fsp3) is 0.731. The van der Waals surface area contributed by atoms with Gasteiger partial charge in [-0.25, -0.2) is 13.6 Å². The zero-order valence-corrected chi connectivity index (χ0v) is 21.0. The zero-order valence-electron chi connectivity index (χ0n) is 20.1. The molecule has 0 aromatic carbocycles. The number of rotatable bonds is 3. The van der Waals surface area contributed by atoms with Crippen molar-refractivity contribution in [1.82, 2.24) is 0 Å². The van der Waals surface area contributed by atoms with Gasteiger partial charge < -0.3 is 14.6 Å². The van der Waals surface area contributed by atoms with Crippen LogP contribution >= 0.6 is 12.6 Å². The van der Waals surface area contributed by atoms with E-state index >= 15 is 8.78 Å². The molecule has 0 bridgehead atoms. The fourth-order valence-corrected chi connectivity index (χ4v) is 8.75. The van der Waals surface area contributed by atoms with Crippen molar-refractivity contribution in [3.05, 3.63) is 23.8 Å². The van der Waals surface area contributed by atoms with Crippen molar-refractivity contribution in [3.63, 3.8) is 0 Å². The van der Waals surface area contributed by atoms with Gasteiger partial charge in [0.15, 0.2) is 23.2 Å². The van der Waals surface area contributed by atoms with Crippen molar-refractivity contribution in [2.75, 3.05) is 6.61 Å². The molecule has 1 aliphatic heterocycles. The summed E-state index contributed by atoms with van der Waals surface area (Å²) in [4.78, 5) is 38.2. The van der Waals surface area contributed by atoms with E-state index < -0.39 is 75.1 Å². The number of ether oxygens (including phenoxy) is 2. The number of aliphatic hydroxyl groups excluding tert-OH is 1. The first-order chi connectivity index (χ1) is 16.3. The zero-order chi connectivity index (χ0) is 25.6. The Morgan fingerprint density at radius 1 is 1.26 bits per heavy atom. The number of allylic oxidation sites excluding steroid dienone is 4. The van der Waals surface area contributed by atoms with Crippen LogP contribution in [0.4, 0.5) is 8.78 Å². The van der Waals surface area contributed by atoms with E-state index in [1.165, 1.54) is 19.1 Å². The predicted molar refractivity (Wildman–Crippen MR) is 125 cm³/mol. The third-order valence-corrected chi connectivity index (χ3v) is 10.3. The topological polar surface area (TPSA) is 89.9 Å². The second kappa shape index (κ2) is 7.96. The molecule has 0 amide bonds. The summed E-state index contributed by atoms with van der Waals surface area (Å²) in [6, 6.07) is 0. The Labute approximate surface area is 208 Å². The summed E-state index contributed by atoms with van der Waals surface area (Å²) >= 11 is 4.15. The third kappa shape index (κ3) is 3.04. The fourth-order valence-electron chi connectivity index (χ4n) is 8.23. The second-order valence-electron chi connectivity index (χ2n) is 11.5.